The smallest absolute Gasteiger partial charge is 0.197 e. The SMILES string of the molecule is COc1cc(Cc2cnc(N)[nH]2)cc(OC)c1. The summed E-state index contributed by atoms with van der Waals surface area (Å²) in [5, 5.41) is 0. The summed E-state index contributed by atoms with van der Waals surface area (Å²) < 4.78 is 10.4. The van der Waals surface area contributed by atoms with Gasteiger partial charge < -0.3 is 20.2 Å². The Balaban J connectivity index is 2.25. The number of aromatic nitrogens is 2. The lowest BCUT2D eigenvalue weighted by Crippen LogP contribution is -1.93. The highest BCUT2D eigenvalue weighted by Crippen LogP contribution is 2.23. The summed E-state index contributed by atoms with van der Waals surface area (Å²) in [6, 6.07) is 5.75. The zero-order chi connectivity index (χ0) is 12.3. The largest absolute Gasteiger partial charge is 0.497 e. The molecule has 1 aromatic heterocycles. The molecule has 0 saturated heterocycles. The number of nitrogen functional groups attached to an aromatic ring is 1. The normalized spacial score (nSPS) is 10.2. The Morgan fingerprint density at radius 2 is 1.82 bits per heavy atom. The van der Waals surface area contributed by atoms with Crippen LogP contribution < -0.4 is 15.2 Å². The molecule has 0 atom stereocenters. The first-order chi connectivity index (χ1) is 8.21. The van der Waals surface area contributed by atoms with Crippen LogP contribution in [0.2, 0.25) is 0 Å². The third-order valence-electron chi connectivity index (χ3n) is 2.45. The van der Waals surface area contributed by atoms with Gasteiger partial charge in [0, 0.05) is 18.2 Å². The summed E-state index contributed by atoms with van der Waals surface area (Å²) >= 11 is 0. The van der Waals surface area contributed by atoms with Crippen molar-refractivity contribution in [2.24, 2.45) is 0 Å². The molecule has 0 unspecified atom stereocenters. The highest BCUT2D eigenvalue weighted by atomic mass is 16.5. The fourth-order valence-electron chi connectivity index (χ4n) is 1.65. The van der Waals surface area contributed by atoms with Crippen molar-refractivity contribution in [2.45, 2.75) is 6.42 Å². The molecule has 0 spiro atoms. The van der Waals surface area contributed by atoms with E-state index >= 15 is 0 Å². The number of hydrogen-bond acceptors (Lipinski definition) is 4. The molecular formula is C12H15N3O2. The summed E-state index contributed by atoms with van der Waals surface area (Å²) in [7, 11) is 3.26. The van der Waals surface area contributed by atoms with Crippen LogP contribution in [-0.4, -0.2) is 24.2 Å². The van der Waals surface area contributed by atoms with Crippen LogP contribution in [0.15, 0.2) is 24.4 Å². The first-order valence-electron chi connectivity index (χ1n) is 5.22. The maximum absolute atomic E-state index is 5.53. The zero-order valence-electron chi connectivity index (χ0n) is 9.86. The van der Waals surface area contributed by atoms with Crippen molar-refractivity contribution >= 4 is 5.95 Å². The monoisotopic (exact) mass is 233 g/mol. The molecule has 90 valence electrons. The van der Waals surface area contributed by atoms with E-state index in [1.165, 1.54) is 0 Å². The average molecular weight is 233 g/mol. The van der Waals surface area contributed by atoms with E-state index in [2.05, 4.69) is 9.97 Å². The number of methoxy groups -OCH3 is 2. The number of ether oxygens (including phenoxy) is 2. The maximum atomic E-state index is 5.53. The molecule has 0 amide bonds. The number of anilines is 1. The fraction of sp³-hybridized carbons (Fsp3) is 0.250. The van der Waals surface area contributed by atoms with Crippen LogP contribution in [0.3, 0.4) is 0 Å². The molecule has 0 aliphatic rings. The van der Waals surface area contributed by atoms with Crippen LogP contribution in [0.25, 0.3) is 0 Å². The minimum Gasteiger partial charge on any atom is -0.497 e. The summed E-state index contributed by atoms with van der Waals surface area (Å²) in [5.74, 6) is 1.97. The van der Waals surface area contributed by atoms with Gasteiger partial charge in [-0.3, -0.25) is 0 Å². The predicted molar refractivity (Wildman–Crippen MR) is 65.4 cm³/mol. The van der Waals surface area contributed by atoms with Crippen molar-refractivity contribution in [1.82, 2.24) is 9.97 Å². The maximum Gasteiger partial charge on any atom is 0.197 e. The Bertz CT molecular complexity index is 486. The Hall–Kier alpha value is -2.17. The lowest BCUT2D eigenvalue weighted by molar-refractivity contribution is 0.393. The van der Waals surface area contributed by atoms with Gasteiger partial charge in [0.15, 0.2) is 5.95 Å². The minimum atomic E-state index is 0.426. The molecule has 5 heteroatoms. The molecule has 0 aliphatic heterocycles. The second-order valence-electron chi connectivity index (χ2n) is 3.69. The van der Waals surface area contributed by atoms with E-state index in [0.717, 1.165) is 22.8 Å². The quantitative estimate of drug-likeness (QED) is 0.841. The molecular weight excluding hydrogens is 218 g/mol. The fourth-order valence-corrected chi connectivity index (χ4v) is 1.65. The second-order valence-corrected chi connectivity index (χ2v) is 3.69. The molecule has 0 bridgehead atoms. The van der Waals surface area contributed by atoms with E-state index in [0.29, 0.717) is 12.4 Å². The third-order valence-corrected chi connectivity index (χ3v) is 2.45. The Kier molecular flexibility index (Phi) is 3.18. The van der Waals surface area contributed by atoms with Crippen molar-refractivity contribution in [3.05, 3.63) is 35.7 Å². The van der Waals surface area contributed by atoms with E-state index in [-0.39, 0.29) is 0 Å². The van der Waals surface area contributed by atoms with Crippen LogP contribution >= 0.6 is 0 Å². The number of hydrogen-bond donors (Lipinski definition) is 2. The van der Waals surface area contributed by atoms with Crippen LogP contribution in [0.1, 0.15) is 11.3 Å². The van der Waals surface area contributed by atoms with E-state index in [4.69, 9.17) is 15.2 Å². The van der Waals surface area contributed by atoms with Gasteiger partial charge in [-0.2, -0.15) is 0 Å². The van der Waals surface area contributed by atoms with Gasteiger partial charge in [0.05, 0.1) is 20.4 Å². The Labute approximate surface area is 99.6 Å². The number of H-pyrrole nitrogens is 1. The van der Waals surface area contributed by atoms with Gasteiger partial charge in [0.25, 0.3) is 0 Å². The van der Waals surface area contributed by atoms with Gasteiger partial charge in [0.1, 0.15) is 11.5 Å². The zero-order valence-corrected chi connectivity index (χ0v) is 9.86. The van der Waals surface area contributed by atoms with Gasteiger partial charge in [-0.05, 0) is 17.7 Å². The molecule has 0 aliphatic carbocycles. The van der Waals surface area contributed by atoms with E-state index in [1.807, 2.05) is 18.2 Å². The molecule has 5 nitrogen and oxygen atoms in total. The first kappa shape index (κ1) is 11.3. The van der Waals surface area contributed by atoms with Gasteiger partial charge >= 0.3 is 0 Å². The number of nitrogens with two attached hydrogens (primary N) is 1. The topological polar surface area (TPSA) is 73.2 Å². The molecule has 1 aromatic carbocycles. The molecule has 0 saturated carbocycles. The van der Waals surface area contributed by atoms with Gasteiger partial charge in [-0.15, -0.1) is 0 Å². The molecule has 1 heterocycles. The lowest BCUT2D eigenvalue weighted by Gasteiger charge is -2.07. The summed E-state index contributed by atoms with van der Waals surface area (Å²) in [5.41, 5.74) is 7.56. The minimum absolute atomic E-state index is 0.426. The molecule has 17 heavy (non-hydrogen) atoms. The predicted octanol–water partition coefficient (Wildman–Crippen LogP) is 1.60. The number of aromatic amines is 1. The molecule has 0 radical (unpaired) electrons. The highest BCUT2D eigenvalue weighted by Gasteiger charge is 2.04. The van der Waals surface area contributed by atoms with Crippen LogP contribution in [-0.2, 0) is 6.42 Å². The van der Waals surface area contributed by atoms with Crippen molar-refractivity contribution in [1.29, 1.82) is 0 Å². The lowest BCUT2D eigenvalue weighted by atomic mass is 10.1. The highest BCUT2D eigenvalue weighted by molar-refractivity contribution is 5.40. The van der Waals surface area contributed by atoms with E-state index in [9.17, 15) is 0 Å². The number of rotatable bonds is 4. The van der Waals surface area contributed by atoms with Crippen molar-refractivity contribution < 1.29 is 9.47 Å². The van der Waals surface area contributed by atoms with E-state index in [1.54, 1.807) is 20.4 Å². The van der Waals surface area contributed by atoms with Gasteiger partial charge in [-0.25, -0.2) is 4.98 Å². The summed E-state index contributed by atoms with van der Waals surface area (Å²) in [4.78, 5) is 6.94. The number of nitrogens with zero attached hydrogens (tertiary/aromatic N) is 1. The summed E-state index contributed by atoms with van der Waals surface area (Å²) in [6.07, 6.45) is 2.43. The van der Waals surface area contributed by atoms with E-state index < -0.39 is 0 Å². The molecule has 3 N–H and O–H groups in total. The first-order valence-corrected chi connectivity index (χ1v) is 5.22. The van der Waals surface area contributed by atoms with Crippen LogP contribution in [0.5, 0.6) is 11.5 Å². The van der Waals surface area contributed by atoms with Gasteiger partial charge in [-0.1, -0.05) is 0 Å². The van der Waals surface area contributed by atoms with Crippen molar-refractivity contribution in [3.63, 3.8) is 0 Å². The Morgan fingerprint density at radius 3 is 2.29 bits per heavy atom. The molecule has 2 aromatic rings. The Morgan fingerprint density at radius 1 is 1.18 bits per heavy atom. The van der Waals surface area contributed by atoms with Gasteiger partial charge in [0.2, 0.25) is 0 Å². The average Bonchev–Trinajstić information content (AvgIpc) is 2.74. The van der Waals surface area contributed by atoms with Crippen molar-refractivity contribution in [3.8, 4) is 11.5 Å². The summed E-state index contributed by atoms with van der Waals surface area (Å²) in [6.45, 7) is 0. The second kappa shape index (κ2) is 4.78. The standard InChI is InChI=1S/C12H15N3O2/c1-16-10-4-8(5-11(6-10)17-2)3-9-7-14-12(13)15-9/h4-7H,3H2,1-2H3,(H3,13,14,15). The third kappa shape index (κ3) is 2.69. The number of imidazole rings is 1. The van der Waals surface area contributed by atoms with Crippen LogP contribution in [0.4, 0.5) is 5.95 Å². The molecule has 0 fully saturated rings. The van der Waals surface area contributed by atoms with Crippen LogP contribution in [0, 0.1) is 0 Å². The number of benzene rings is 1. The number of nitrogens with one attached hydrogen (secondary N) is 1. The molecule has 2 rings (SSSR count). The van der Waals surface area contributed by atoms with Crippen molar-refractivity contribution in [2.75, 3.05) is 20.0 Å².